The van der Waals surface area contributed by atoms with Gasteiger partial charge in [0.2, 0.25) is 0 Å². The molecule has 0 unspecified atom stereocenters. The standard InChI is InChI=1S/C23H26N4O3S/c1-13-11-14(2)19(15(3)12-13)26-21(29)20-16(4)24-23(31-20)27-22(30)25-18-8-6-5-7-17(18)9-10-28/h5-8,11-12,28H,9-10H2,1-4H3,(H,26,29)(H2,24,25,27,30). The maximum absolute atomic E-state index is 12.8. The van der Waals surface area contributed by atoms with Gasteiger partial charge in [-0.3, -0.25) is 10.1 Å². The topological polar surface area (TPSA) is 103 Å². The first-order chi connectivity index (χ1) is 14.8. The molecule has 1 aromatic heterocycles. The van der Waals surface area contributed by atoms with Gasteiger partial charge in [-0.15, -0.1) is 0 Å². The summed E-state index contributed by atoms with van der Waals surface area (Å²) in [6.07, 6.45) is 0.439. The number of thiazole rings is 1. The molecule has 31 heavy (non-hydrogen) atoms. The number of aliphatic hydroxyl groups excluding tert-OH is 1. The van der Waals surface area contributed by atoms with Crippen molar-refractivity contribution >= 4 is 39.8 Å². The minimum Gasteiger partial charge on any atom is -0.396 e. The summed E-state index contributed by atoms with van der Waals surface area (Å²) < 4.78 is 0. The highest BCUT2D eigenvalue weighted by atomic mass is 32.1. The molecule has 7 nitrogen and oxygen atoms in total. The number of nitrogens with zero attached hydrogens (tertiary/aromatic N) is 1. The van der Waals surface area contributed by atoms with E-state index in [9.17, 15) is 14.7 Å². The number of benzene rings is 2. The number of carbonyl (C=O) groups excluding carboxylic acids is 2. The van der Waals surface area contributed by atoms with E-state index in [-0.39, 0.29) is 12.5 Å². The average Bonchev–Trinajstić information content (AvgIpc) is 3.06. The van der Waals surface area contributed by atoms with Crippen molar-refractivity contribution in [3.8, 4) is 0 Å². The molecule has 0 fully saturated rings. The monoisotopic (exact) mass is 438 g/mol. The molecular formula is C23H26N4O3S. The van der Waals surface area contributed by atoms with Crippen molar-refractivity contribution in [3.05, 3.63) is 69.2 Å². The molecular weight excluding hydrogens is 412 g/mol. The number of rotatable bonds is 6. The summed E-state index contributed by atoms with van der Waals surface area (Å²) in [5, 5.41) is 17.9. The number of hydrogen-bond donors (Lipinski definition) is 4. The minimum atomic E-state index is -0.462. The van der Waals surface area contributed by atoms with Crippen LogP contribution in [-0.2, 0) is 6.42 Å². The van der Waals surface area contributed by atoms with Crippen molar-refractivity contribution in [1.82, 2.24) is 4.98 Å². The molecule has 0 bridgehead atoms. The van der Waals surface area contributed by atoms with E-state index >= 15 is 0 Å². The van der Waals surface area contributed by atoms with Gasteiger partial charge < -0.3 is 15.7 Å². The van der Waals surface area contributed by atoms with Crippen LogP contribution >= 0.6 is 11.3 Å². The lowest BCUT2D eigenvalue weighted by Crippen LogP contribution is -2.20. The molecule has 1 heterocycles. The summed E-state index contributed by atoms with van der Waals surface area (Å²) in [5.41, 5.74) is 5.90. The first-order valence-corrected chi connectivity index (χ1v) is 10.7. The minimum absolute atomic E-state index is 0.00953. The lowest BCUT2D eigenvalue weighted by atomic mass is 10.1. The zero-order valence-corrected chi connectivity index (χ0v) is 18.8. The van der Waals surface area contributed by atoms with Gasteiger partial charge in [-0.1, -0.05) is 47.2 Å². The highest BCUT2D eigenvalue weighted by molar-refractivity contribution is 7.17. The number of nitrogens with one attached hydrogen (secondary N) is 3. The van der Waals surface area contributed by atoms with E-state index in [0.717, 1.165) is 39.3 Å². The molecule has 162 valence electrons. The third kappa shape index (κ3) is 5.48. The SMILES string of the molecule is Cc1cc(C)c(NC(=O)c2sc(NC(=O)Nc3ccccc3CCO)nc2C)c(C)c1. The van der Waals surface area contributed by atoms with E-state index in [1.807, 2.05) is 51.1 Å². The molecule has 0 saturated carbocycles. The van der Waals surface area contributed by atoms with Gasteiger partial charge in [-0.2, -0.15) is 0 Å². The zero-order chi connectivity index (χ0) is 22.5. The second kappa shape index (κ2) is 9.72. The molecule has 2 aromatic carbocycles. The number of carbonyl (C=O) groups is 2. The molecule has 0 aliphatic rings. The maximum Gasteiger partial charge on any atom is 0.325 e. The second-order valence-corrected chi connectivity index (χ2v) is 8.37. The molecule has 3 amide bonds. The Kier molecular flexibility index (Phi) is 7.04. The van der Waals surface area contributed by atoms with Crippen LogP contribution in [0.5, 0.6) is 0 Å². The summed E-state index contributed by atoms with van der Waals surface area (Å²) in [5.74, 6) is -0.258. The second-order valence-electron chi connectivity index (χ2n) is 7.37. The molecule has 0 atom stereocenters. The number of anilines is 3. The number of hydrogen-bond acceptors (Lipinski definition) is 5. The fourth-order valence-corrected chi connectivity index (χ4v) is 4.30. The van der Waals surface area contributed by atoms with Crippen LogP contribution in [-0.4, -0.2) is 28.6 Å². The highest BCUT2D eigenvalue weighted by Crippen LogP contribution is 2.27. The average molecular weight is 439 g/mol. The van der Waals surface area contributed by atoms with Crippen LogP contribution in [0, 0.1) is 27.7 Å². The molecule has 0 spiro atoms. The molecule has 3 aromatic rings. The molecule has 0 radical (unpaired) electrons. The molecule has 4 N–H and O–H groups in total. The zero-order valence-electron chi connectivity index (χ0n) is 18.0. The Morgan fingerprint density at radius 2 is 1.68 bits per heavy atom. The van der Waals surface area contributed by atoms with E-state index in [0.29, 0.717) is 27.8 Å². The van der Waals surface area contributed by atoms with Gasteiger partial charge in [0.05, 0.1) is 5.69 Å². The predicted octanol–water partition coefficient (Wildman–Crippen LogP) is 4.81. The Balaban J connectivity index is 1.71. The third-order valence-electron chi connectivity index (χ3n) is 4.79. The fraction of sp³-hybridized carbons (Fsp3) is 0.261. The van der Waals surface area contributed by atoms with Crippen LogP contribution in [0.15, 0.2) is 36.4 Å². The Labute approximate surface area is 185 Å². The Hall–Kier alpha value is -3.23. The number of amides is 3. The largest absolute Gasteiger partial charge is 0.396 e. The van der Waals surface area contributed by atoms with Gasteiger partial charge in [0.15, 0.2) is 5.13 Å². The van der Waals surface area contributed by atoms with Crippen LogP contribution in [0.1, 0.15) is 37.6 Å². The maximum atomic E-state index is 12.8. The molecule has 0 aliphatic heterocycles. The third-order valence-corrected chi connectivity index (χ3v) is 5.86. The summed E-state index contributed by atoms with van der Waals surface area (Å²) in [7, 11) is 0. The normalized spacial score (nSPS) is 10.6. The summed E-state index contributed by atoms with van der Waals surface area (Å²) in [4.78, 5) is 30.0. The highest BCUT2D eigenvalue weighted by Gasteiger charge is 2.18. The van der Waals surface area contributed by atoms with Crippen LogP contribution in [0.3, 0.4) is 0 Å². The Bertz CT molecular complexity index is 1100. The van der Waals surface area contributed by atoms with E-state index < -0.39 is 6.03 Å². The van der Waals surface area contributed by atoms with E-state index in [4.69, 9.17) is 0 Å². The number of urea groups is 1. The van der Waals surface area contributed by atoms with Gasteiger partial charge in [-0.05, 0) is 56.9 Å². The first-order valence-electron chi connectivity index (χ1n) is 9.92. The Morgan fingerprint density at radius 1 is 1.00 bits per heavy atom. The summed E-state index contributed by atoms with van der Waals surface area (Å²) in [6, 6.07) is 10.8. The van der Waals surface area contributed by atoms with Crippen molar-refractivity contribution in [3.63, 3.8) is 0 Å². The molecule has 0 saturated heterocycles. The Morgan fingerprint density at radius 3 is 2.35 bits per heavy atom. The lowest BCUT2D eigenvalue weighted by Gasteiger charge is -2.12. The smallest absolute Gasteiger partial charge is 0.325 e. The summed E-state index contributed by atoms with van der Waals surface area (Å²) in [6.45, 7) is 7.66. The van der Waals surface area contributed by atoms with Crippen LogP contribution in [0.2, 0.25) is 0 Å². The van der Waals surface area contributed by atoms with Gasteiger partial charge in [0.25, 0.3) is 5.91 Å². The van der Waals surface area contributed by atoms with Crippen molar-refractivity contribution in [2.75, 3.05) is 22.6 Å². The molecule has 3 rings (SSSR count). The van der Waals surface area contributed by atoms with Gasteiger partial charge in [0, 0.05) is 18.0 Å². The summed E-state index contributed by atoms with van der Waals surface area (Å²) >= 11 is 1.12. The van der Waals surface area contributed by atoms with Crippen LogP contribution in [0.25, 0.3) is 0 Å². The van der Waals surface area contributed by atoms with Gasteiger partial charge in [0.1, 0.15) is 4.88 Å². The molecule has 0 aliphatic carbocycles. The number of para-hydroxylation sites is 1. The van der Waals surface area contributed by atoms with Crippen molar-refractivity contribution < 1.29 is 14.7 Å². The molecule has 8 heteroatoms. The van der Waals surface area contributed by atoms with Gasteiger partial charge in [-0.25, -0.2) is 9.78 Å². The number of aliphatic hydroxyl groups is 1. The lowest BCUT2D eigenvalue weighted by molar-refractivity contribution is 0.102. The van der Waals surface area contributed by atoms with Crippen LogP contribution in [0.4, 0.5) is 21.3 Å². The number of aromatic nitrogens is 1. The van der Waals surface area contributed by atoms with Crippen molar-refractivity contribution in [2.45, 2.75) is 34.1 Å². The fourth-order valence-electron chi connectivity index (χ4n) is 3.44. The predicted molar refractivity (Wildman–Crippen MR) is 125 cm³/mol. The quantitative estimate of drug-likeness (QED) is 0.443. The number of aryl methyl sites for hydroxylation is 4. The van der Waals surface area contributed by atoms with Crippen molar-refractivity contribution in [1.29, 1.82) is 0 Å². The van der Waals surface area contributed by atoms with Crippen LogP contribution < -0.4 is 16.0 Å². The van der Waals surface area contributed by atoms with E-state index in [1.54, 1.807) is 13.0 Å². The van der Waals surface area contributed by atoms with E-state index in [1.165, 1.54) is 0 Å². The first kappa shape index (κ1) is 22.5. The van der Waals surface area contributed by atoms with Gasteiger partial charge >= 0.3 is 6.03 Å². The van der Waals surface area contributed by atoms with E-state index in [2.05, 4.69) is 20.9 Å². The van der Waals surface area contributed by atoms with Crippen molar-refractivity contribution in [2.24, 2.45) is 0 Å².